The Hall–Kier alpha value is -1.98. The summed E-state index contributed by atoms with van der Waals surface area (Å²) in [6.45, 7) is 4.29. The van der Waals surface area contributed by atoms with Crippen LogP contribution < -0.4 is 0 Å². The minimum Gasteiger partial charge on any atom is -0.139 e. The predicted molar refractivity (Wildman–Crippen MR) is 163 cm³/mol. The summed E-state index contributed by atoms with van der Waals surface area (Å²) in [6.07, 6.45) is 11.8. The van der Waals surface area contributed by atoms with Gasteiger partial charge in [0, 0.05) is 51.6 Å². The molecule has 0 saturated heterocycles. The number of rotatable bonds is 4. The molecule has 0 amide bonds. The van der Waals surface area contributed by atoms with Crippen LogP contribution in [-0.2, 0) is 0 Å². The van der Waals surface area contributed by atoms with Crippen molar-refractivity contribution in [3.05, 3.63) is 102 Å². The Labute approximate surface area is 230 Å². The molecule has 4 unspecified atom stereocenters. The molecule has 4 aromatic rings. The van der Waals surface area contributed by atoms with E-state index in [0.717, 1.165) is 22.3 Å². The van der Waals surface area contributed by atoms with E-state index in [1.165, 1.54) is 44.8 Å². The first kappa shape index (κ1) is 23.2. The third kappa shape index (κ3) is 4.36. The summed E-state index contributed by atoms with van der Waals surface area (Å²) in [7, 11) is 0. The van der Waals surface area contributed by atoms with Crippen molar-refractivity contribution in [1.29, 1.82) is 0 Å². The Morgan fingerprint density at radius 1 is 0.583 bits per heavy atom. The Kier molecular flexibility index (Phi) is 6.05. The van der Waals surface area contributed by atoms with E-state index in [9.17, 15) is 0 Å². The molecule has 0 radical (unpaired) electrons. The van der Waals surface area contributed by atoms with Gasteiger partial charge in [0.15, 0.2) is 0 Å². The zero-order valence-electron chi connectivity index (χ0n) is 20.4. The SMILES string of the molecule is Cc1ccc(/C=C/c2cc3c(s2)C2CC4Sc5cc(/C=C/c6ccc(C)cc6)sc5C4CC2S3)cc1. The van der Waals surface area contributed by atoms with Crippen LogP contribution in [0.15, 0.2) is 70.5 Å². The summed E-state index contributed by atoms with van der Waals surface area (Å²) in [6, 6.07) is 22.5. The van der Waals surface area contributed by atoms with Crippen molar-refractivity contribution in [2.45, 2.75) is 58.8 Å². The second kappa shape index (κ2) is 9.40. The minimum atomic E-state index is 0.736. The van der Waals surface area contributed by atoms with E-state index in [0.29, 0.717) is 0 Å². The summed E-state index contributed by atoms with van der Waals surface area (Å²) >= 11 is 8.39. The van der Waals surface area contributed by atoms with E-state index in [2.05, 4.69) is 122 Å². The van der Waals surface area contributed by atoms with Crippen molar-refractivity contribution in [3.8, 4) is 0 Å². The summed E-state index contributed by atoms with van der Waals surface area (Å²) in [5.74, 6) is 1.47. The maximum atomic E-state index is 2.45. The van der Waals surface area contributed by atoms with Crippen LogP contribution in [0.4, 0.5) is 0 Å². The molecule has 0 nitrogen and oxygen atoms in total. The van der Waals surface area contributed by atoms with E-state index in [1.54, 1.807) is 19.5 Å². The van der Waals surface area contributed by atoms with Gasteiger partial charge in [0.05, 0.1) is 0 Å². The van der Waals surface area contributed by atoms with Crippen LogP contribution in [0.2, 0.25) is 0 Å². The Morgan fingerprint density at radius 3 is 1.42 bits per heavy atom. The van der Waals surface area contributed by atoms with E-state index in [4.69, 9.17) is 0 Å². The fourth-order valence-electron chi connectivity index (χ4n) is 5.66. The molecule has 0 bridgehead atoms. The first-order valence-corrected chi connectivity index (χ1v) is 16.1. The lowest BCUT2D eigenvalue weighted by Crippen LogP contribution is -2.28. The predicted octanol–water partition coefficient (Wildman–Crippen LogP) is 10.4. The molecule has 0 spiro atoms. The number of aryl methyl sites for hydroxylation is 2. The number of hydrogen-bond acceptors (Lipinski definition) is 4. The molecule has 0 N–H and O–H groups in total. The van der Waals surface area contributed by atoms with Gasteiger partial charge in [0.1, 0.15) is 0 Å². The Balaban J connectivity index is 1.05. The molecule has 4 heteroatoms. The van der Waals surface area contributed by atoms with Gasteiger partial charge in [-0.15, -0.1) is 46.2 Å². The van der Waals surface area contributed by atoms with Crippen molar-refractivity contribution in [2.24, 2.45) is 0 Å². The molecule has 1 fully saturated rings. The van der Waals surface area contributed by atoms with E-state index < -0.39 is 0 Å². The first-order valence-electron chi connectivity index (χ1n) is 12.7. The maximum absolute atomic E-state index is 2.45. The molecule has 4 atom stereocenters. The average molecular weight is 541 g/mol. The average Bonchev–Trinajstić information content (AvgIpc) is 3.61. The van der Waals surface area contributed by atoms with Crippen LogP contribution in [0.3, 0.4) is 0 Å². The number of hydrogen-bond donors (Lipinski definition) is 0. The molecule has 4 heterocycles. The zero-order chi connectivity index (χ0) is 24.2. The molecule has 2 aromatic carbocycles. The molecule has 180 valence electrons. The van der Waals surface area contributed by atoms with Crippen molar-refractivity contribution < 1.29 is 0 Å². The number of benzene rings is 2. The largest absolute Gasteiger partial charge is 0.139 e. The van der Waals surface area contributed by atoms with Crippen molar-refractivity contribution >= 4 is 70.5 Å². The van der Waals surface area contributed by atoms with E-state index >= 15 is 0 Å². The zero-order valence-corrected chi connectivity index (χ0v) is 23.7. The lowest BCUT2D eigenvalue weighted by Gasteiger charge is -2.33. The Morgan fingerprint density at radius 2 is 1.00 bits per heavy atom. The highest BCUT2D eigenvalue weighted by atomic mass is 32.2. The lowest BCUT2D eigenvalue weighted by atomic mass is 9.80. The quantitative estimate of drug-likeness (QED) is 0.252. The molecular weight excluding hydrogens is 513 g/mol. The number of thiophene rings is 2. The van der Waals surface area contributed by atoms with Crippen molar-refractivity contribution in [2.75, 3.05) is 0 Å². The van der Waals surface area contributed by atoms with Gasteiger partial charge in [0.2, 0.25) is 0 Å². The van der Waals surface area contributed by atoms with Crippen molar-refractivity contribution in [3.63, 3.8) is 0 Å². The van der Waals surface area contributed by atoms with Crippen LogP contribution in [0.5, 0.6) is 0 Å². The summed E-state index contributed by atoms with van der Waals surface area (Å²) in [5, 5.41) is 1.51. The topological polar surface area (TPSA) is 0 Å². The van der Waals surface area contributed by atoms with Gasteiger partial charge >= 0.3 is 0 Å². The molecule has 1 aliphatic carbocycles. The highest BCUT2D eigenvalue weighted by molar-refractivity contribution is 8.01. The minimum absolute atomic E-state index is 0.736. The number of thioether (sulfide) groups is 2. The highest BCUT2D eigenvalue weighted by Crippen LogP contribution is 2.63. The molecule has 2 aliphatic heterocycles. The van der Waals surface area contributed by atoms with Gasteiger partial charge < -0.3 is 0 Å². The van der Waals surface area contributed by atoms with Crippen LogP contribution in [0.1, 0.15) is 66.4 Å². The smallest absolute Gasteiger partial charge is 0.0285 e. The van der Waals surface area contributed by atoms with E-state index in [-0.39, 0.29) is 0 Å². The molecular formula is C32H28S4. The van der Waals surface area contributed by atoms with Crippen LogP contribution in [0.25, 0.3) is 24.3 Å². The highest BCUT2D eigenvalue weighted by Gasteiger charge is 2.48. The van der Waals surface area contributed by atoms with Gasteiger partial charge in [-0.2, -0.15) is 0 Å². The normalized spacial score (nSPS) is 24.3. The maximum Gasteiger partial charge on any atom is 0.0285 e. The van der Waals surface area contributed by atoms with Crippen LogP contribution in [-0.4, -0.2) is 10.5 Å². The van der Waals surface area contributed by atoms with Gasteiger partial charge in [-0.3, -0.25) is 0 Å². The second-order valence-electron chi connectivity index (χ2n) is 10.2. The molecule has 7 rings (SSSR count). The van der Waals surface area contributed by atoms with Gasteiger partial charge in [0.25, 0.3) is 0 Å². The Bertz CT molecular complexity index is 1350. The summed E-state index contributed by atoms with van der Waals surface area (Å²) < 4.78 is 0. The third-order valence-electron chi connectivity index (χ3n) is 7.62. The number of fused-ring (bicyclic) bond motifs is 6. The summed E-state index contributed by atoms with van der Waals surface area (Å²) in [5.41, 5.74) is 5.19. The van der Waals surface area contributed by atoms with Gasteiger partial charge in [-0.25, -0.2) is 0 Å². The standard InChI is InChI=1S/C32H28S4/c1-19-3-7-21(8-4-19)11-13-23-15-29-31(33-23)25-17-28-26(18-27(25)35-29)32-30(36-28)16-24(34-32)14-12-22-9-5-20(2)6-10-22/h3-16,25-28H,17-18H2,1-2H3/b13-11+,14-12+. The lowest BCUT2D eigenvalue weighted by molar-refractivity contribution is 0.435. The van der Waals surface area contributed by atoms with Gasteiger partial charge in [-0.1, -0.05) is 71.8 Å². The van der Waals surface area contributed by atoms with Crippen LogP contribution in [0, 0.1) is 13.8 Å². The fraction of sp³-hybridized carbons (Fsp3) is 0.250. The van der Waals surface area contributed by atoms with E-state index in [1.807, 2.05) is 22.7 Å². The molecule has 3 aliphatic rings. The summed E-state index contributed by atoms with van der Waals surface area (Å²) in [4.78, 5) is 9.22. The van der Waals surface area contributed by atoms with Crippen LogP contribution >= 0.6 is 46.2 Å². The monoisotopic (exact) mass is 540 g/mol. The third-order valence-corrected chi connectivity index (χ3v) is 13.2. The van der Waals surface area contributed by atoms with Crippen molar-refractivity contribution in [1.82, 2.24) is 0 Å². The van der Waals surface area contributed by atoms with Gasteiger partial charge in [-0.05, 0) is 62.1 Å². The molecule has 36 heavy (non-hydrogen) atoms. The first-order chi connectivity index (χ1) is 17.6. The molecule has 1 saturated carbocycles. The second-order valence-corrected chi connectivity index (χ2v) is 15.0. The fourth-order valence-corrected chi connectivity index (χ4v) is 11.8. The molecule has 2 aromatic heterocycles.